The maximum atomic E-state index is 12.1. The number of imidazole rings is 1. The van der Waals surface area contributed by atoms with Crippen molar-refractivity contribution < 1.29 is 19.0 Å². The SMILES string of the molecule is COc1ccc2nc(SCC(=O)NC[C@H]3COc4ccccc4O3)[nH]c2c1. The standard InChI is InChI=1S/C19H19N3O4S/c1-24-12-6-7-14-15(8-12)22-19(21-14)27-11-18(23)20-9-13-10-25-16-4-2-3-5-17(16)26-13/h2-8,13H,9-11H2,1H3,(H,20,23)(H,21,22)/t13-/m0/s1. The molecule has 1 aromatic heterocycles. The number of aromatic amines is 1. The van der Waals surface area contributed by atoms with Crippen LogP contribution in [0.15, 0.2) is 47.6 Å². The Labute approximate surface area is 160 Å². The molecule has 0 saturated carbocycles. The van der Waals surface area contributed by atoms with Crippen molar-refractivity contribution in [3.63, 3.8) is 0 Å². The maximum Gasteiger partial charge on any atom is 0.230 e. The van der Waals surface area contributed by atoms with Gasteiger partial charge in [0, 0.05) is 6.07 Å². The highest BCUT2D eigenvalue weighted by Gasteiger charge is 2.21. The summed E-state index contributed by atoms with van der Waals surface area (Å²) in [6.07, 6.45) is -0.201. The van der Waals surface area contributed by atoms with Crippen molar-refractivity contribution >= 4 is 28.7 Å². The normalized spacial score (nSPS) is 15.5. The second-order valence-electron chi connectivity index (χ2n) is 6.02. The summed E-state index contributed by atoms with van der Waals surface area (Å²) >= 11 is 1.35. The van der Waals surface area contributed by atoms with Gasteiger partial charge in [0.05, 0.1) is 30.4 Å². The Morgan fingerprint density at radius 1 is 1.33 bits per heavy atom. The number of thioether (sulfide) groups is 1. The Morgan fingerprint density at radius 2 is 2.19 bits per heavy atom. The highest BCUT2D eigenvalue weighted by Crippen LogP contribution is 2.30. The number of methoxy groups -OCH3 is 1. The first kappa shape index (κ1) is 17.5. The zero-order valence-electron chi connectivity index (χ0n) is 14.7. The summed E-state index contributed by atoms with van der Waals surface area (Å²) in [7, 11) is 1.62. The number of aromatic nitrogens is 2. The molecule has 0 fully saturated rings. The number of fused-ring (bicyclic) bond motifs is 2. The molecule has 0 aliphatic carbocycles. The van der Waals surface area contributed by atoms with Crippen molar-refractivity contribution in [3.05, 3.63) is 42.5 Å². The zero-order valence-corrected chi connectivity index (χ0v) is 15.5. The number of carbonyl (C=O) groups excluding carboxylic acids is 1. The highest BCUT2D eigenvalue weighted by atomic mass is 32.2. The van der Waals surface area contributed by atoms with E-state index in [1.807, 2.05) is 42.5 Å². The van der Waals surface area contributed by atoms with Gasteiger partial charge in [-0.2, -0.15) is 0 Å². The fourth-order valence-corrected chi connectivity index (χ4v) is 3.45. The maximum absolute atomic E-state index is 12.1. The van der Waals surface area contributed by atoms with Crippen LogP contribution in [0.5, 0.6) is 17.2 Å². The third-order valence-corrected chi connectivity index (χ3v) is 4.98. The van der Waals surface area contributed by atoms with Crippen LogP contribution in [0.25, 0.3) is 11.0 Å². The summed E-state index contributed by atoms with van der Waals surface area (Å²) in [5, 5.41) is 3.57. The Hall–Kier alpha value is -2.87. The molecule has 2 N–H and O–H groups in total. The Bertz CT molecular complexity index is 959. The fourth-order valence-electron chi connectivity index (χ4n) is 2.74. The van der Waals surface area contributed by atoms with Crippen LogP contribution >= 0.6 is 11.8 Å². The van der Waals surface area contributed by atoms with E-state index in [9.17, 15) is 4.79 Å². The van der Waals surface area contributed by atoms with Crippen LogP contribution in [0.3, 0.4) is 0 Å². The van der Waals surface area contributed by atoms with E-state index in [0.29, 0.717) is 24.1 Å². The largest absolute Gasteiger partial charge is 0.497 e. The van der Waals surface area contributed by atoms with Crippen LogP contribution < -0.4 is 19.5 Å². The van der Waals surface area contributed by atoms with Crippen LogP contribution in [-0.2, 0) is 4.79 Å². The van der Waals surface area contributed by atoms with Gasteiger partial charge in [0.25, 0.3) is 0 Å². The number of nitrogens with zero attached hydrogens (tertiary/aromatic N) is 1. The first-order valence-corrected chi connectivity index (χ1v) is 9.51. The average Bonchev–Trinajstić information content (AvgIpc) is 3.12. The number of nitrogens with one attached hydrogen (secondary N) is 2. The van der Waals surface area contributed by atoms with Crippen LogP contribution in [0, 0.1) is 0 Å². The van der Waals surface area contributed by atoms with Crippen molar-refractivity contribution in [2.75, 3.05) is 26.0 Å². The van der Waals surface area contributed by atoms with E-state index in [4.69, 9.17) is 14.2 Å². The summed E-state index contributed by atoms with van der Waals surface area (Å²) in [5.41, 5.74) is 1.72. The van der Waals surface area contributed by atoms with Gasteiger partial charge in [-0.15, -0.1) is 0 Å². The van der Waals surface area contributed by atoms with Gasteiger partial charge in [-0.1, -0.05) is 23.9 Å². The molecule has 2 aromatic carbocycles. The van der Waals surface area contributed by atoms with Gasteiger partial charge in [-0.25, -0.2) is 4.98 Å². The summed E-state index contributed by atoms with van der Waals surface area (Å²) in [4.78, 5) is 19.8. The third kappa shape index (κ3) is 4.11. The molecule has 3 aromatic rings. The second kappa shape index (κ2) is 7.79. The topological polar surface area (TPSA) is 85.5 Å². The number of benzene rings is 2. The lowest BCUT2D eigenvalue weighted by atomic mass is 10.2. The molecule has 27 heavy (non-hydrogen) atoms. The van der Waals surface area contributed by atoms with E-state index in [0.717, 1.165) is 22.5 Å². The van der Waals surface area contributed by atoms with E-state index in [2.05, 4.69) is 15.3 Å². The predicted octanol–water partition coefficient (Wildman–Crippen LogP) is 2.62. The summed E-state index contributed by atoms with van der Waals surface area (Å²) in [5.74, 6) is 2.38. The molecule has 1 atom stereocenters. The molecule has 7 nitrogen and oxygen atoms in total. The average molecular weight is 385 g/mol. The second-order valence-corrected chi connectivity index (χ2v) is 6.98. The number of H-pyrrole nitrogens is 1. The molecule has 0 spiro atoms. The summed E-state index contributed by atoms with van der Waals surface area (Å²) in [6.45, 7) is 0.806. The first-order valence-electron chi connectivity index (χ1n) is 8.53. The molecule has 0 radical (unpaired) electrons. The minimum Gasteiger partial charge on any atom is -0.497 e. The quantitative estimate of drug-likeness (QED) is 0.635. The zero-order chi connectivity index (χ0) is 18.6. The Kier molecular flexibility index (Phi) is 5.06. The van der Waals surface area contributed by atoms with Gasteiger partial charge in [0.15, 0.2) is 16.7 Å². The van der Waals surface area contributed by atoms with Crippen molar-refractivity contribution in [2.24, 2.45) is 0 Å². The number of hydrogen-bond acceptors (Lipinski definition) is 6. The van der Waals surface area contributed by atoms with E-state index in [1.54, 1.807) is 7.11 Å². The molecule has 140 valence electrons. The van der Waals surface area contributed by atoms with Crippen LogP contribution in [0.4, 0.5) is 0 Å². The number of hydrogen-bond donors (Lipinski definition) is 2. The lowest BCUT2D eigenvalue weighted by molar-refractivity contribution is -0.119. The van der Waals surface area contributed by atoms with Gasteiger partial charge >= 0.3 is 0 Å². The first-order chi connectivity index (χ1) is 13.2. The highest BCUT2D eigenvalue weighted by molar-refractivity contribution is 7.99. The van der Waals surface area contributed by atoms with E-state index in [-0.39, 0.29) is 17.8 Å². The molecule has 1 amide bonds. The lowest BCUT2D eigenvalue weighted by Gasteiger charge is -2.26. The van der Waals surface area contributed by atoms with Gasteiger partial charge in [-0.3, -0.25) is 4.79 Å². The molecule has 1 aliphatic heterocycles. The third-order valence-electron chi connectivity index (χ3n) is 4.10. The van der Waals surface area contributed by atoms with Crippen molar-refractivity contribution in [1.29, 1.82) is 0 Å². The Balaban J connectivity index is 1.26. The number of ether oxygens (including phenoxy) is 3. The van der Waals surface area contributed by atoms with Gasteiger partial charge in [-0.05, 0) is 24.3 Å². The molecule has 0 unspecified atom stereocenters. The minimum absolute atomic E-state index is 0.0829. The number of amides is 1. The predicted molar refractivity (Wildman–Crippen MR) is 103 cm³/mol. The van der Waals surface area contributed by atoms with Crippen molar-refractivity contribution in [1.82, 2.24) is 15.3 Å². The molecule has 0 saturated heterocycles. The van der Waals surface area contributed by atoms with E-state index < -0.39 is 0 Å². The molecule has 4 rings (SSSR count). The summed E-state index contributed by atoms with van der Waals surface area (Å²) < 4.78 is 16.7. The van der Waals surface area contributed by atoms with Gasteiger partial charge in [0.1, 0.15) is 18.5 Å². The van der Waals surface area contributed by atoms with Crippen LogP contribution in [0.1, 0.15) is 0 Å². The molecule has 2 heterocycles. The monoisotopic (exact) mass is 385 g/mol. The molecule has 0 bridgehead atoms. The van der Waals surface area contributed by atoms with Crippen LogP contribution in [0.2, 0.25) is 0 Å². The summed E-state index contributed by atoms with van der Waals surface area (Å²) in [6, 6.07) is 13.1. The van der Waals surface area contributed by atoms with Crippen LogP contribution in [-0.4, -0.2) is 48.0 Å². The van der Waals surface area contributed by atoms with Crippen molar-refractivity contribution in [2.45, 2.75) is 11.3 Å². The minimum atomic E-state index is -0.201. The molecular weight excluding hydrogens is 366 g/mol. The number of rotatable bonds is 6. The number of carbonyl (C=O) groups is 1. The molecule has 8 heteroatoms. The molecule has 1 aliphatic rings. The lowest BCUT2D eigenvalue weighted by Crippen LogP contribution is -2.41. The Morgan fingerprint density at radius 3 is 3.04 bits per heavy atom. The van der Waals surface area contributed by atoms with Crippen molar-refractivity contribution in [3.8, 4) is 17.2 Å². The number of para-hydroxylation sites is 2. The van der Waals surface area contributed by atoms with Gasteiger partial charge < -0.3 is 24.5 Å². The fraction of sp³-hybridized carbons (Fsp3) is 0.263. The van der Waals surface area contributed by atoms with E-state index >= 15 is 0 Å². The molecular formula is C19H19N3O4S. The van der Waals surface area contributed by atoms with Gasteiger partial charge in [0.2, 0.25) is 5.91 Å². The smallest absolute Gasteiger partial charge is 0.230 e. The van der Waals surface area contributed by atoms with E-state index in [1.165, 1.54) is 11.8 Å².